The SMILES string of the molecule is O=C(Nc1cccnc1)Nc1ccc(C(=O)O)cc1O. The molecule has 1 heterocycles. The first-order valence-corrected chi connectivity index (χ1v) is 5.60. The summed E-state index contributed by atoms with van der Waals surface area (Å²) >= 11 is 0. The van der Waals surface area contributed by atoms with Crippen LogP contribution >= 0.6 is 0 Å². The lowest BCUT2D eigenvalue weighted by Crippen LogP contribution is -2.19. The molecule has 0 spiro atoms. The number of aromatic nitrogens is 1. The molecule has 0 saturated carbocycles. The number of nitrogens with zero attached hydrogens (tertiary/aromatic N) is 1. The largest absolute Gasteiger partial charge is 0.506 e. The van der Waals surface area contributed by atoms with E-state index < -0.39 is 12.0 Å². The number of anilines is 2. The van der Waals surface area contributed by atoms with Crippen LogP contribution < -0.4 is 10.6 Å². The number of aromatic carboxylic acids is 1. The molecule has 0 bridgehead atoms. The summed E-state index contributed by atoms with van der Waals surface area (Å²) in [5, 5.41) is 23.3. The fraction of sp³-hybridized carbons (Fsp3) is 0. The van der Waals surface area contributed by atoms with Crippen molar-refractivity contribution in [3.63, 3.8) is 0 Å². The van der Waals surface area contributed by atoms with E-state index >= 15 is 0 Å². The number of benzene rings is 1. The van der Waals surface area contributed by atoms with Crippen molar-refractivity contribution in [1.29, 1.82) is 0 Å². The van der Waals surface area contributed by atoms with E-state index in [2.05, 4.69) is 15.6 Å². The Bertz CT molecular complexity index is 643. The maximum absolute atomic E-state index is 11.7. The summed E-state index contributed by atoms with van der Waals surface area (Å²) in [6.07, 6.45) is 3.03. The van der Waals surface area contributed by atoms with Gasteiger partial charge < -0.3 is 20.8 Å². The minimum atomic E-state index is -1.16. The maximum atomic E-state index is 11.7. The van der Waals surface area contributed by atoms with Crippen molar-refractivity contribution in [2.24, 2.45) is 0 Å². The standard InChI is InChI=1S/C13H11N3O4/c17-11-6-8(12(18)19)3-4-10(11)16-13(20)15-9-2-1-5-14-7-9/h1-7,17H,(H,18,19)(H2,15,16,20). The molecule has 0 aliphatic heterocycles. The number of hydrogen-bond donors (Lipinski definition) is 4. The van der Waals surface area contributed by atoms with Crippen LogP contribution in [-0.4, -0.2) is 27.2 Å². The lowest BCUT2D eigenvalue weighted by Gasteiger charge is -2.09. The molecule has 4 N–H and O–H groups in total. The molecule has 0 saturated heterocycles. The Hall–Kier alpha value is -3.09. The zero-order valence-corrected chi connectivity index (χ0v) is 10.2. The molecule has 7 nitrogen and oxygen atoms in total. The van der Waals surface area contributed by atoms with Crippen LogP contribution in [0.15, 0.2) is 42.7 Å². The summed E-state index contributed by atoms with van der Waals surface area (Å²) in [7, 11) is 0. The smallest absolute Gasteiger partial charge is 0.335 e. The van der Waals surface area contributed by atoms with Gasteiger partial charge in [0.1, 0.15) is 5.75 Å². The number of carboxylic acid groups (broad SMARTS) is 1. The highest BCUT2D eigenvalue weighted by atomic mass is 16.4. The minimum Gasteiger partial charge on any atom is -0.506 e. The molecule has 2 rings (SSSR count). The molecule has 20 heavy (non-hydrogen) atoms. The molecule has 1 aromatic carbocycles. The Kier molecular flexibility index (Phi) is 3.80. The van der Waals surface area contributed by atoms with Gasteiger partial charge in [-0.25, -0.2) is 9.59 Å². The number of rotatable bonds is 3. The first-order chi connectivity index (χ1) is 9.56. The van der Waals surface area contributed by atoms with Gasteiger partial charge in [0, 0.05) is 6.20 Å². The van der Waals surface area contributed by atoms with Gasteiger partial charge in [-0.3, -0.25) is 4.98 Å². The highest BCUT2D eigenvalue weighted by molar-refractivity contribution is 6.01. The fourth-order valence-corrected chi connectivity index (χ4v) is 1.49. The van der Waals surface area contributed by atoms with E-state index in [9.17, 15) is 14.7 Å². The molecule has 1 aromatic heterocycles. The van der Waals surface area contributed by atoms with Gasteiger partial charge in [-0.1, -0.05) is 0 Å². The quantitative estimate of drug-likeness (QED) is 0.640. The van der Waals surface area contributed by atoms with Gasteiger partial charge in [-0.2, -0.15) is 0 Å². The second kappa shape index (κ2) is 5.70. The zero-order chi connectivity index (χ0) is 14.5. The Morgan fingerprint density at radius 1 is 1.15 bits per heavy atom. The first-order valence-electron chi connectivity index (χ1n) is 5.60. The third-order valence-electron chi connectivity index (χ3n) is 2.41. The second-order valence-corrected chi connectivity index (χ2v) is 3.86. The molecule has 0 aliphatic rings. The molecular weight excluding hydrogens is 262 g/mol. The Morgan fingerprint density at radius 2 is 1.95 bits per heavy atom. The summed E-state index contributed by atoms with van der Waals surface area (Å²) in [5.41, 5.74) is 0.531. The van der Waals surface area contributed by atoms with E-state index in [1.54, 1.807) is 18.3 Å². The van der Waals surface area contributed by atoms with Crippen LogP contribution in [0.2, 0.25) is 0 Å². The number of carboxylic acids is 1. The van der Waals surface area contributed by atoms with E-state index in [4.69, 9.17) is 5.11 Å². The van der Waals surface area contributed by atoms with Crippen molar-refractivity contribution in [1.82, 2.24) is 4.98 Å². The van der Waals surface area contributed by atoms with Crippen LogP contribution in [0.5, 0.6) is 5.75 Å². The third kappa shape index (κ3) is 3.22. The normalized spacial score (nSPS) is 9.80. The van der Waals surface area contributed by atoms with Gasteiger partial charge in [0.05, 0.1) is 23.1 Å². The molecular formula is C13H11N3O4. The average molecular weight is 273 g/mol. The van der Waals surface area contributed by atoms with Gasteiger partial charge in [0.25, 0.3) is 0 Å². The Balaban J connectivity index is 2.06. The van der Waals surface area contributed by atoms with Crippen LogP contribution in [0.1, 0.15) is 10.4 Å². The number of hydrogen-bond acceptors (Lipinski definition) is 4. The molecule has 102 valence electrons. The number of pyridine rings is 1. The third-order valence-corrected chi connectivity index (χ3v) is 2.41. The van der Waals surface area contributed by atoms with Crippen LogP contribution in [0.4, 0.5) is 16.2 Å². The van der Waals surface area contributed by atoms with Gasteiger partial charge in [0.2, 0.25) is 0 Å². The maximum Gasteiger partial charge on any atom is 0.335 e. The number of phenols is 1. The summed E-state index contributed by atoms with van der Waals surface area (Å²) < 4.78 is 0. The number of amides is 2. The number of aromatic hydroxyl groups is 1. The van der Waals surface area contributed by atoms with Crippen molar-refractivity contribution in [3.05, 3.63) is 48.3 Å². The van der Waals surface area contributed by atoms with Crippen LogP contribution in [0.25, 0.3) is 0 Å². The molecule has 2 amide bonds. The minimum absolute atomic E-state index is 0.0688. The fourth-order valence-electron chi connectivity index (χ4n) is 1.49. The molecule has 7 heteroatoms. The lowest BCUT2D eigenvalue weighted by atomic mass is 10.2. The van der Waals surface area contributed by atoms with Crippen molar-refractivity contribution in [2.45, 2.75) is 0 Å². The van der Waals surface area contributed by atoms with Crippen molar-refractivity contribution in [3.8, 4) is 5.75 Å². The number of phenolic OH excluding ortho intramolecular Hbond substituents is 1. The van der Waals surface area contributed by atoms with Gasteiger partial charge >= 0.3 is 12.0 Å². The van der Waals surface area contributed by atoms with E-state index in [1.807, 2.05) is 0 Å². The van der Waals surface area contributed by atoms with Gasteiger partial charge in [0.15, 0.2) is 0 Å². The Morgan fingerprint density at radius 3 is 2.55 bits per heavy atom. The topological polar surface area (TPSA) is 112 Å². The summed E-state index contributed by atoms with van der Waals surface area (Å²) in [6.45, 7) is 0. The number of carbonyl (C=O) groups excluding carboxylic acids is 1. The molecule has 0 unspecified atom stereocenters. The van der Waals surface area contributed by atoms with Crippen molar-refractivity contribution in [2.75, 3.05) is 10.6 Å². The average Bonchev–Trinajstić information content (AvgIpc) is 2.42. The lowest BCUT2D eigenvalue weighted by molar-refractivity contribution is 0.0696. The second-order valence-electron chi connectivity index (χ2n) is 3.86. The number of urea groups is 1. The first kappa shape index (κ1) is 13.3. The highest BCUT2D eigenvalue weighted by Gasteiger charge is 2.10. The number of carbonyl (C=O) groups is 2. The molecule has 2 aromatic rings. The highest BCUT2D eigenvalue weighted by Crippen LogP contribution is 2.24. The zero-order valence-electron chi connectivity index (χ0n) is 10.2. The van der Waals surface area contributed by atoms with E-state index in [-0.39, 0.29) is 17.0 Å². The summed E-state index contributed by atoms with van der Waals surface area (Å²) in [4.78, 5) is 26.2. The summed E-state index contributed by atoms with van der Waals surface area (Å²) in [5.74, 6) is -1.49. The van der Waals surface area contributed by atoms with E-state index in [1.165, 1.54) is 18.3 Å². The molecule has 0 radical (unpaired) electrons. The molecule has 0 fully saturated rings. The summed E-state index contributed by atoms with van der Waals surface area (Å²) in [6, 6.07) is 6.39. The van der Waals surface area contributed by atoms with E-state index in [0.717, 1.165) is 6.07 Å². The predicted octanol–water partition coefficient (Wildman–Crippen LogP) is 2.13. The predicted molar refractivity (Wildman–Crippen MR) is 71.9 cm³/mol. The van der Waals surface area contributed by atoms with Gasteiger partial charge in [-0.05, 0) is 30.3 Å². The molecule has 0 aliphatic carbocycles. The van der Waals surface area contributed by atoms with Crippen LogP contribution in [0.3, 0.4) is 0 Å². The van der Waals surface area contributed by atoms with Crippen molar-refractivity contribution < 1.29 is 19.8 Å². The monoisotopic (exact) mass is 273 g/mol. The number of nitrogens with one attached hydrogen (secondary N) is 2. The van der Waals surface area contributed by atoms with Gasteiger partial charge in [-0.15, -0.1) is 0 Å². The Labute approximate surface area is 113 Å². The van der Waals surface area contributed by atoms with E-state index in [0.29, 0.717) is 5.69 Å². The molecule has 0 atom stereocenters. The van der Waals surface area contributed by atoms with Crippen LogP contribution in [0, 0.1) is 0 Å². The van der Waals surface area contributed by atoms with Crippen LogP contribution in [-0.2, 0) is 0 Å². The van der Waals surface area contributed by atoms with Crippen molar-refractivity contribution >= 4 is 23.4 Å².